The molecule has 1 heterocycles. The number of unbranched alkanes of at least 4 members (excludes halogenated alkanes) is 13. The van der Waals surface area contributed by atoms with Gasteiger partial charge in [0, 0.05) is 11.1 Å². The number of nitrogens with one attached hydrogen (secondary N) is 1. The highest BCUT2D eigenvalue weighted by molar-refractivity contribution is 7.99. The highest BCUT2D eigenvalue weighted by atomic mass is 32.2. The first-order valence-electron chi connectivity index (χ1n) is 11.6. The van der Waals surface area contributed by atoms with E-state index in [-0.39, 0.29) is 0 Å². The van der Waals surface area contributed by atoms with Crippen molar-refractivity contribution in [1.82, 2.24) is 4.98 Å². The molecule has 0 aliphatic carbocycles. The molecule has 0 aliphatic rings. The van der Waals surface area contributed by atoms with Crippen LogP contribution in [0.15, 0.2) is 5.38 Å². The van der Waals surface area contributed by atoms with Gasteiger partial charge in [-0.2, -0.15) is 11.8 Å². The SMILES string of the molecule is CCCCCCCCCCCCCCCCSCC(Nc1csc(C)n1)C(=O)O. The standard InChI is InChI=1S/C23H42N2O2S2/c1-3-4-5-6-7-8-9-10-11-12-13-14-15-16-17-28-18-21(23(26)27)25-22-19-29-20(2)24-22/h19,21,25H,3-18H2,1-2H3,(H,26,27). The Morgan fingerprint density at radius 2 is 1.52 bits per heavy atom. The lowest BCUT2D eigenvalue weighted by Crippen LogP contribution is -2.32. The number of nitrogens with zero attached hydrogens (tertiary/aromatic N) is 1. The molecule has 0 saturated carbocycles. The van der Waals surface area contributed by atoms with Gasteiger partial charge in [-0.3, -0.25) is 0 Å². The first kappa shape index (κ1) is 26.3. The van der Waals surface area contributed by atoms with E-state index >= 15 is 0 Å². The summed E-state index contributed by atoms with van der Waals surface area (Å²) in [7, 11) is 0. The topological polar surface area (TPSA) is 62.2 Å². The zero-order chi connectivity index (χ0) is 21.2. The van der Waals surface area contributed by atoms with Crippen molar-refractivity contribution in [2.75, 3.05) is 16.8 Å². The van der Waals surface area contributed by atoms with Gasteiger partial charge in [-0.25, -0.2) is 9.78 Å². The van der Waals surface area contributed by atoms with Crippen LogP contribution in [0.4, 0.5) is 5.82 Å². The van der Waals surface area contributed by atoms with Gasteiger partial charge in [-0.15, -0.1) is 11.3 Å². The van der Waals surface area contributed by atoms with Crippen LogP contribution >= 0.6 is 23.1 Å². The van der Waals surface area contributed by atoms with Crippen molar-refractivity contribution in [3.63, 3.8) is 0 Å². The Morgan fingerprint density at radius 3 is 1.97 bits per heavy atom. The lowest BCUT2D eigenvalue weighted by molar-refractivity contribution is -0.137. The third-order valence-electron chi connectivity index (χ3n) is 5.17. The van der Waals surface area contributed by atoms with Crippen molar-refractivity contribution >= 4 is 34.9 Å². The molecule has 0 spiro atoms. The van der Waals surface area contributed by atoms with E-state index in [2.05, 4.69) is 17.2 Å². The van der Waals surface area contributed by atoms with Gasteiger partial charge in [-0.05, 0) is 19.1 Å². The molecule has 1 unspecified atom stereocenters. The van der Waals surface area contributed by atoms with Crippen LogP contribution in [0.1, 0.15) is 102 Å². The van der Waals surface area contributed by atoms with Gasteiger partial charge in [-0.1, -0.05) is 90.4 Å². The molecule has 1 aromatic rings. The summed E-state index contributed by atoms with van der Waals surface area (Å²) in [6, 6.07) is -0.562. The van der Waals surface area contributed by atoms with Gasteiger partial charge >= 0.3 is 5.97 Å². The van der Waals surface area contributed by atoms with Crippen LogP contribution in [-0.2, 0) is 4.79 Å². The second-order valence-electron chi connectivity index (χ2n) is 7.96. The van der Waals surface area contributed by atoms with Gasteiger partial charge in [0.15, 0.2) is 0 Å². The largest absolute Gasteiger partial charge is 0.480 e. The number of carboxylic acids is 1. The van der Waals surface area contributed by atoms with Crippen LogP contribution in [0.25, 0.3) is 0 Å². The smallest absolute Gasteiger partial charge is 0.327 e. The molecular weight excluding hydrogens is 400 g/mol. The van der Waals surface area contributed by atoms with E-state index in [1.165, 1.54) is 101 Å². The number of thioether (sulfide) groups is 1. The van der Waals surface area contributed by atoms with Gasteiger partial charge in [0.25, 0.3) is 0 Å². The normalized spacial score (nSPS) is 12.2. The predicted molar refractivity (Wildman–Crippen MR) is 130 cm³/mol. The summed E-state index contributed by atoms with van der Waals surface area (Å²) in [4.78, 5) is 15.7. The summed E-state index contributed by atoms with van der Waals surface area (Å²) >= 11 is 3.27. The molecule has 0 saturated heterocycles. The van der Waals surface area contributed by atoms with Crippen LogP contribution in [0.5, 0.6) is 0 Å². The number of carbonyl (C=O) groups is 1. The number of aryl methyl sites for hydroxylation is 1. The molecule has 0 bridgehead atoms. The second-order valence-corrected chi connectivity index (χ2v) is 10.2. The highest BCUT2D eigenvalue weighted by Crippen LogP contribution is 2.17. The van der Waals surface area contributed by atoms with Crippen molar-refractivity contribution < 1.29 is 9.90 Å². The van der Waals surface area contributed by atoms with Crippen LogP contribution in [0.3, 0.4) is 0 Å². The maximum absolute atomic E-state index is 11.4. The van der Waals surface area contributed by atoms with Crippen LogP contribution < -0.4 is 5.32 Å². The fourth-order valence-corrected chi connectivity index (χ4v) is 4.97. The Morgan fingerprint density at radius 1 is 1.00 bits per heavy atom. The second kappa shape index (κ2) is 18.1. The van der Waals surface area contributed by atoms with E-state index < -0.39 is 12.0 Å². The van der Waals surface area contributed by atoms with E-state index in [4.69, 9.17) is 0 Å². The molecular formula is C23H42N2O2S2. The quantitative estimate of drug-likeness (QED) is 0.204. The maximum atomic E-state index is 11.4. The van der Waals surface area contributed by atoms with E-state index in [1.807, 2.05) is 12.3 Å². The molecule has 1 atom stereocenters. The zero-order valence-electron chi connectivity index (χ0n) is 18.6. The third kappa shape index (κ3) is 14.8. The van der Waals surface area contributed by atoms with Gasteiger partial charge in [0.05, 0.1) is 5.01 Å². The summed E-state index contributed by atoms with van der Waals surface area (Å²) in [6.45, 7) is 4.20. The molecule has 0 amide bonds. The number of rotatable bonds is 20. The van der Waals surface area contributed by atoms with E-state index in [1.54, 1.807) is 11.8 Å². The first-order valence-corrected chi connectivity index (χ1v) is 13.7. The Bertz CT molecular complexity index is 523. The summed E-state index contributed by atoms with van der Waals surface area (Å²) < 4.78 is 0. The minimum absolute atomic E-state index is 0.562. The van der Waals surface area contributed by atoms with Crippen molar-refractivity contribution in [2.45, 2.75) is 110 Å². The number of aliphatic carboxylic acids is 1. The number of anilines is 1. The summed E-state index contributed by atoms with van der Waals surface area (Å²) in [5.74, 6) is 1.50. The maximum Gasteiger partial charge on any atom is 0.327 e. The molecule has 1 rings (SSSR count). The minimum atomic E-state index is -0.802. The third-order valence-corrected chi connectivity index (χ3v) is 7.09. The molecule has 168 valence electrons. The van der Waals surface area contributed by atoms with E-state index in [0.29, 0.717) is 11.6 Å². The van der Waals surface area contributed by atoms with E-state index in [0.717, 1.165) is 10.8 Å². The molecule has 4 nitrogen and oxygen atoms in total. The fourth-order valence-electron chi connectivity index (χ4n) is 3.38. The van der Waals surface area contributed by atoms with Crippen molar-refractivity contribution in [1.29, 1.82) is 0 Å². The average Bonchev–Trinajstić information content (AvgIpc) is 3.11. The molecule has 29 heavy (non-hydrogen) atoms. The summed E-state index contributed by atoms with van der Waals surface area (Å²) in [5.41, 5.74) is 0. The molecule has 0 radical (unpaired) electrons. The minimum Gasteiger partial charge on any atom is -0.480 e. The van der Waals surface area contributed by atoms with Gasteiger partial charge in [0.1, 0.15) is 11.9 Å². The number of carboxylic acid groups (broad SMARTS) is 1. The van der Waals surface area contributed by atoms with Gasteiger partial charge < -0.3 is 10.4 Å². The van der Waals surface area contributed by atoms with Gasteiger partial charge in [0.2, 0.25) is 0 Å². The van der Waals surface area contributed by atoms with Crippen LogP contribution in [0, 0.1) is 6.92 Å². The molecule has 0 fully saturated rings. The van der Waals surface area contributed by atoms with E-state index in [9.17, 15) is 9.90 Å². The Labute approximate surface area is 186 Å². The molecule has 0 aromatic carbocycles. The number of hydrogen-bond acceptors (Lipinski definition) is 5. The van der Waals surface area contributed by atoms with Crippen LogP contribution in [-0.4, -0.2) is 33.6 Å². The first-order chi connectivity index (χ1) is 14.1. The molecule has 6 heteroatoms. The molecule has 0 aliphatic heterocycles. The number of thiazole rings is 1. The molecule has 2 N–H and O–H groups in total. The predicted octanol–water partition coefficient (Wildman–Crippen LogP) is 7.53. The lowest BCUT2D eigenvalue weighted by Gasteiger charge is -2.13. The van der Waals surface area contributed by atoms with Crippen molar-refractivity contribution in [3.05, 3.63) is 10.4 Å². The Hall–Kier alpha value is -0.750. The number of hydrogen-bond donors (Lipinski definition) is 2. The number of aromatic nitrogens is 1. The summed E-state index contributed by atoms with van der Waals surface area (Å²) in [5, 5.41) is 15.2. The highest BCUT2D eigenvalue weighted by Gasteiger charge is 2.17. The Kier molecular flexibility index (Phi) is 16.4. The average molecular weight is 443 g/mol. The fraction of sp³-hybridized carbons (Fsp3) is 0.826. The van der Waals surface area contributed by atoms with Crippen LogP contribution in [0.2, 0.25) is 0 Å². The summed E-state index contributed by atoms with van der Waals surface area (Å²) in [6.07, 6.45) is 19.2. The zero-order valence-corrected chi connectivity index (χ0v) is 20.2. The monoisotopic (exact) mass is 442 g/mol. The molecule has 1 aromatic heterocycles. The lowest BCUT2D eigenvalue weighted by atomic mass is 10.0. The van der Waals surface area contributed by atoms with Crippen molar-refractivity contribution in [3.8, 4) is 0 Å². The Balaban J connectivity index is 1.88. The van der Waals surface area contributed by atoms with Crippen molar-refractivity contribution in [2.24, 2.45) is 0 Å².